The van der Waals surface area contributed by atoms with Gasteiger partial charge in [0.1, 0.15) is 5.82 Å². The molecule has 4 rings (SSSR count). The summed E-state index contributed by atoms with van der Waals surface area (Å²) in [5, 5.41) is 6.32. The number of benzene rings is 2. The van der Waals surface area contributed by atoms with Crippen LogP contribution in [0, 0.1) is 12.7 Å². The quantitative estimate of drug-likeness (QED) is 0.891. The van der Waals surface area contributed by atoms with Crippen LogP contribution in [0.1, 0.15) is 16.7 Å². The molecule has 1 fully saturated rings. The number of anilines is 2. The first-order chi connectivity index (χ1) is 12.6. The first-order valence-electron chi connectivity index (χ1n) is 9.01. The Morgan fingerprint density at radius 3 is 2.62 bits per heavy atom. The van der Waals surface area contributed by atoms with Gasteiger partial charge in [0.05, 0.1) is 12.2 Å². The van der Waals surface area contributed by atoms with Gasteiger partial charge in [-0.2, -0.15) is 0 Å². The molecular weight excluding hydrogens is 331 g/mol. The van der Waals surface area contributed by atoms with Crippen molar-refractivity contribution in [2.24, 2.45) is 0 Å². The topological polar surface area (TPSA) is 47.6 Å². The van der Waals surface area contributed by atoms with Gasteiger partial charge < -0.3 is 15.5 Å². The molecule has 0 radical (unpaired) electrons. The zero-order valence-corrected chi connectivity index (χ0v) is 14.9. The molecule has 0 spiro atoms. The predicted octanol–water partition coefficient (Wildman–Crippen LogP) is 2.77. The van der Waals surface area contributed by atoms with Gasteiger partial charge in [-0.15, -0.1) is 0 Å². The number of carbonyl (C=O) groups excluding carboxylic acids is 1. The van der Waals surface area contributed by atoms with Crippen LogP contribution in [-0.4, -0.2) is 32.2 Å². The molecule has 2 heterocycles. The lowest BCUT2D eigenvalue weighted by Crippen LogP contribution is -2.47. The van der Waals surface area contributed by atoms with E-state index in [9.17, 15) is 9.18 Å². The maximum Gasteiger partial charge on any atom is 0.322 e. The number of hydrogen-bond acceptors (Lipinski definition) is 3. The Morgan fingerprint density at radius 2 is 1.85 bits per heavy atom. The van der Waals surface area contributed by atoms with Crippen LogP contribution in [0.25, 0.3) is 0 Å². The number of halogens is 1. The molecule has 0 bridgehead atoms. The molecule has 2 amide bonds. The molecule has 2 aliphatic heterocycles. The highest BCUT2D eigenvalue weighted by Gasteiger charge is 2.28. The molecular formula is C20H23FN4O. The summed E-state index contributed by atoms with van der Waals surface area (Å²) in [5.41, 5.74) is 4.77. The van der Waals surface area contributed by atoms with Crippen molar-refractivity contribution >= 4 is 17.4 Å². The monoisotopic (exact) mass is 354 g/mol. The molecule has 2 aromatic rings. The Balaban J connectivity index is 1.74. The second kappa shape index (κ2) is 6.96. The number of aryl methyl sites for hydroxylation is 1. The normalized spacial score (nSPS) is 17.1. The van der Waals surface area contributed by atoms with Gasteiger partial charge >= 0.3 is 6.03 Å². The molecule has 0 atom stereocenters. The van der Waals surface area contributed by atoms with E-state index in [1.165, 1.54) is 11.8 Å². The first kappa shape index (κ1) is 16.8. The number of urea groups is 1. The molecule has 0 aromatic heterocycles. The van der Waals surface area contributed by atoms with Gasteiger partial charge in [0.25, 0.3) is 0 Å². The molecule has 1 saturated heterocycles. The van der Waals surface area contributed by atoms with Crippen LogP contribution >= 0.6 is 0 Å². The lowest BCUT2D eigenvalue weighted by atomic mass is 10.0. The summed E-state index contributed by atoms with van der Waals surface area (Å²) in [6.45, 7) is 6.55. The summed E-state index contributed by atoms with van der Waals surface area (Å²) in [5.74, 6) is -0.289. The molecule has 0 unspecified atom stereocenters. The SMILES string of the molecule is Cc1cc(N2CCNCC2)c2c(c1)N(Cc1ccccc1F)C(=O)NC2. The van der Waals surface area contributed by atoms with Gasteiger partial charge in [0, 0.05) is 49.5 Å². The third kappa shape index (κ3) is 3.12. The van der Waals surface area contributed by atoms with Crippen molar-refractivity contribution in [3.8, 4) is 0 Å². The van der Waals surface area contributed by atoms with Crippen molar-refractivity contribution in [2.45, 2.75) is 20.0 Å². The van der Waals surface area contributed by atoms with Gasteiger partial charge in [0.15, 0.2) is 0 Å². The Hall–Kier alpha value is -2.60. The average Bonchev–Trinajstić information content (AvgIpc) is 2.66. The highest BCUT2D eigenvalue weighted by atomic mass is 19.1. The van der Waals surface area contributed by atoms with Crippen LogP contribution in [0.15, 0.2) is 36.4 Å². The van der Waals surface area contributed by atoms with Crippen LogP contribution in [-0.2, 0) is 13.1 Å². The minimum absolute atomic E-state index is 0.183. The van der Waals surface area contributed by atoms with Gasteiger partial charge in [0.2, 0.25) is 0 Å². The highest BCUT2D eigenvalue weighted by molar-refractivity contribution is 5.96. The van der Waals surface area contributed by atoms with Crippen molar-refractivity contribution in [1.29, 1.82) is 0 Å². The van der Waals surface area contributed by atoms with Crippen LogP contribution < -0.4 is 20.4 Å². The van der Waals surface area contributed by atoms with Crippen LogP contribution in [0.3, 0.4) is 0 Å². The molecule has 136 valence electrons. The van der Waals surface area contributed by atoms with E-state index in [4.69, 9.17) is 0 Å². The van der Waals surface area contributed by atoms with E-state index in [1.54, 1.807) is 23.1 Å². The van der Waals surface area contributed by atoms with E-state index in [0.717, 1.165) is 43.0 Å². The Kier molecular flexibility index (Phi) is 4.51. The summed E-state index contributed by atoms with van der Waals surface area (Å²) < 4.78 is 14.1. The fourth-order valence-corrected chi connectivity index (χ4v) is 3.71. The van der Waals surface area contributed by atoms with E-state index in [1.807, 2.05) is 13.0 Å². The molecule has 6 heteroatoms. The summed E-state index contributed by atoms with van der Waals surface area (Å²) in [4.78, 5) is 16.6. The van der Waals surface area contributed by atoms with E-state index in [2.05, 4.69) is 21.6 Å². The van der Waals surface area contributed by atoms with Crippen molar-refractivity contribution in [2.75, 3.05) is 36.0 Å². The Bertz CT molecular complexity index is 833. The largest absolute Gasteiger partial charge is 0.369 e. The van der Waals surface area contributed by atoms with E-state index >= 15 is 0 Å². The predicted molar refractivity (Wildman–Crippen MR) is 101 cm³/mol. The highest BCUT2D eigenvalue weighted by Crippen LogP contribution is 2.35. The smallest absolute Gasteiger partial charge is 0.322 e. The Labute approximate surface area is 152 Å². The van der Waals surface area contributed by atoms with Gasteiger partial charge in [-0.1, -0.05) is 18.2 Å². The number of nitrogens with zero attached hydrogens (tertiary/aromatic N) is 2. The molecule has 5 nitrogen and oxygen atoms in total. The maximum absolute atomic E-state index is 14.1. The second-order valence-corrected chi connectivity index (χ2v) is 6.86. The van der Waals surface area contributed by atoms with E-state index < -0.39 is 0 Å². The number of carbonyl (C=O) groups is 1. The van der Waals surface area contributed by atoms with Gasteiger partial charge in [-0.3, -0.25) is 4.90 Å². The van der Waals surface area contributed by atoms with Gasteiger partial charge in [-0.05, 0) is 30.7 Å². The van der Waals surface area contributed by atoms with E-state index in [-0.39, 0.29) is 18.4 Å². The van der Waals surface area contributed by atoms with Crippen molar-refractivity contribution in [3.63, 3.8) is 0 Å². The van der Waals surface area contributed by atoms with Crippen LogP contribution in [0.5, 0.6) is 0 Å². The first-order valence-corrected chi connectivity index (χ1v) is 9.01. The van der Waals surface area contributed by atoms with Crippen LogP contribution in [0.4, 0.5) is 20.6 Å². The standard InChI is InChI=1S/C20H23FN4O/c1-14-10-18(24-8-6-22-7-9-24)16-12-23-20(26)25(19(16)11-14)13-15-4-2-3-5-17(15)21/h2-5,10-11,22H,6-9,12-13H2,1H3,(H,23,26). The number of piperazine rings is 1. The van der Waals surface area contributed by atoms with Crippen LogP contribution in [0.2, 0.25) is 0 Å². The number of amides is 2. The minimum Gasteiger partial charge on any atom is -0.369 e. The number of fused-ring (bicyclic) bond motifs is 1. The molecule has 2 aromatic carbocycles. The summed E-state index contributed by atoms with van der Waals surface area (Å²) in [6.07, 6.45) is 0. The summed E-state index contributed by atoms with van der Waals surface area (Å²) >= 11 is 0. The zero-order chi connectivity index (χ0) is 18.1. The zero-order valence-electron chi connectivity index (χ0n) is 14.9. The third-order valence-electron chi connectivity index (χ3n) is 5.04. The minimum atomic E-state index is -0.289. The number of hydrogen-bond donors (Lipinski definition) is 2. The van der Waals surface area contributed by atoms with Crippen molar-refractivity contribution in [3.05, 3.63) is 58.9 Å². The summed E-state index contributed by atoms with van der Waals surface area (Å²) in [6, 6.07) is 10.6. The summed E-state index contributed by atoms with van der Waals surface area (Å²) in [7, 11) is 0. The molecule has 0 aliphatic carbocycles. The number of nitrogens with one attached hydrogen (secondary N) is 2. The Morgan fingerprint density at radius 1 is 1.12 bits per heavy atom. The number of rotatable bonds is 3. The van der Waals surface area contributed by atoms with Crippen molar-refractivity contribution in [1.82, 2.24) is 10.6 Å². The van der Waals surface area contributed by atoms with Gasteiger partial charge in [-0.25, -0.2) is 9.18 Å². The fourth-order valence-electron chi connectivity index (χ4n) is 3.71. The third-order valence-corrected chi connectivity index (χ3v) is 5.04. The average molecular weight is 354 g/mol. The molecule has 2 N–H and O–H groups in total. The molecule has 2 aliphatic rings. The maximum atomic E-state index is 14.1. The lowest BCUT2D eigenvalue weighted by Gasteiger charge is -2.36. The molecule has 26 heavy (non-hydrogen) atoms. The lowest BCUT2D eigenvalue weighted by molar-refractivity contribution is 0.244. The second-order valence-electron chi connectivity index (χ2n) is 6.86. The fraction of sp³-hybridized carbons (Fsp3) is 0.350. The van der Waals surface area contributed by atoms with E-state index in [0.29, 0.717) is 12.1 Å². The molecule has 0 saturated carbocycles. The van der Waals surface area contributed by atoms with Crippen molar-refractivity contribution < 1.29 is 9.18 Å².